The number of nitrogens with zero attached hydrogens (tertiary/aromatic N) is 1. The Labute approximate surface area is 174 Å². The Morgan fingerprint density at radius 2 is 1.83 bits per heavy atom. The summed E-state index contributed by atoms with van der Waals surface area (Å²) in [4.78, 5) is 18.3. The number of amides is 1. The lowest BCUT2D eigenvalue weighted by molar-refractivity contribution is -0.127. The standard InChI is InChI=1S/C24H24N2O2S/c1-16-13-14-20(28-16)17(2)25-23(27)24(3,18-9-5-4-6-10-18)15-22-26-19-11-7-8-12-21(19)29-22/h4-14,17H,15H2,1-3H3,(H,25,27). The summed E-state index contributed by atoms with van der Waals surface area (Å²) in [6.45, 7) is 5.84. The summed E-state index contributed by atoms with van der Waals surface area (Å²) in [7, 11) is 0. The third kappa shape index (κ3) is 3.96. The Bertz CT molecular complexity index is 1100. The Hall–Kier alpha value is -2.92. The van der Waals surface area contributed by atoms with Crippen LogP contribution in [0.5, 0.6) is 0 Å². The molecule has 0 saturated heterocycles. The van der Waals surface area contributed by atoms with Crippen LogP contribution in [0.25, 0.3) is 10.2 Å². The first-order valence-electron chi connectivity index (χ1n) is 9.73. The minimum atomic E-state index is -0.745. The molecule has 2 atom stereocenters. The van der Waals surface area contributed by atoms with Crippen LogP contribution in [-0.4, -0.2) is 10.9 Å². The van der Waals surface area contributed by atoms with Crippen LogP contribution in [-0.2, 0) is 16.6 Å². The summed E-state index contributed by atoms with van der Waals surface area (Å²) >= 11 is 1.65. The first kappa shape index (κ1) is 19.4. The van der Waals surface area contributed by atoms with Crippen molar-refractivity contribution in [2.45, 2.75) is 38.6 Å². The molecule has 148 valence electrons. The molecule has 4 aromatic rings. The zero-order valence-corrected chi connectivity index (χ0v) is 17.6. The average molecular weight is 405 g/mol. The van der Waals surface area contributed by atoms with Crippen LogP contribution in [0.1, 0.15) is 42.0 Å². The molecule has 0 fully saturated rings. The van der Waals surface area contributed by atoms with E-state index >= 15 is 0 Å². The number of benzene rings is 2. The number of nitrogens with one attached hydrogen (secondary N) is 1. The topological polar surface area (TPSA) is 55.1 Å². The zero-order valence-electron chi connectivity index (χ0n) is 16.8. The summed E-state index contributed by atoms with van der Waals surface area (Å²) < 4.78 is 6.83. The largest absolute Gasteiger partial charge is 0.464 e. The van der Waals surface area contributed by atoms with Gasteiger partial charge in [-0.15, -0.1) is 11.3 Å². The van der Waals surface area contributed by atoms with Gasteiger partial charge in [0, 0.05) is 6.42 Å². The number of aryl methyl sites for hydroxylation is 1. The second-order valence-corrected chi connectivity index (χ2v) is 8.71. The van der Waals surface area contributed by atoms with Crippen LogP contribution < -0.4 is 5.32 Å². The molecule has 5 heteroatoms. The van der Waals surface area contributed by atoms with Crippen molar-refractivity contribution in [3.8, 4) is 0 Å². The Morgan fingerprint density at radius 3 is 2.52 bits per heavy atom. The van der Waals surface area contributed by atoms with E-state index in [2.05, 4.69) is 11.4 Å². The van der Waals surface area contributed by atoms with E-state index in [-0.39, 0.29) is 11.9 Å². The quantitative estimate of drug-likeness (QED) is 0.457. The predicted molar refractivity (Wildman–Crippen MR) is 117 cm³/mol. The normalized spacial score (nSPS) is 14.4. The second-order valence-electron chi connectivity index (χ2n) is 7.59. The molecule has 4 rings (SSSR count). The molecule has 0 saturated carbocycles. The van der Waals surface area contributed by atoms with Gasteiger partial charge in [0.1, 0.15) is 11.5 Å². The van der Waals surface area contributed by atoms with Gasteiger partial charge in [-0.2, -0.15) is 0 Å². The average Bonchev–Trinajstić information content (AvgIpc) is 3.34. The number of furan rings is 1. The van der Waals surface area contributed by atoms with Gasteiger partial charge in [-0.05, 0) is 50.6 Å². The molecule has 0 radical (unpaired) electrons. The van der Waals surface area contributed by atoms with E-state index in [0.29, 0.717) is 6.42 Å². The van der Waals surface area contributed by atoms with E-state index in [0.717, 1.165) is 32.3 Å². The van der Waals surface area contributed by atoms with Gasteiger partial charge in [-0.25, -0.2) is 4.98 Å². The van der Waals surface area contributed by atoms with Gasteiger partial charge in [-0.1, -0.05) is 42.5 Å². The fourth-order valence-electron chi connectivity index (χ4n) is 3.53. The summed E-state index contributed by atoms with van der Waals surface area (Å²) in [5.41, 5.74) is 1.20. The number of carbonyl (C=O) groups is 1. The second kappa shape index (κ2) is 7.84. The van der Waals surface area contributed by atoms with Crippen LogP contribution >= 0.6 is 11.3 Å². The summed E-state index contributed by atoms with van der Waals surface area (Å²) in [6.07, 6.45) is 0.534. The van der Waals surface area contributed by atoms with Gasteiger partial charge in [0.05, 0.1) is 26.7 Å². The van der Waals surface area contributed by atoms with Gasteiger partial charge in [0.2, 0.25) is 5.91 Å². The van der Waals surface area contributed by atoms with Crippen molar-refractivity contribution < 1.29 is 9.21 Å². The lowest BCUT2D eigenvalue weighted by atomic mass is 9.78. The zero-order chi connectivity index (χ0) is 20.4. The highest BCUT2D eigenvalue weighted by molar-refractivity contribution is 7.18. The number of hydrogen-bond donors (Lipinski definition) is 1. The first-order chi connectivity index (χ1) is 14.0. The van der Waals surface area contributed by atoms with E-state index in [1.54, 1.807) is 11.3 Å². The number of thiazole rings is 1. The molecule has 2 aromatic heterocycles. The van der Waals surface area contributed by atoms with Crippen molar-refractivity contribution in [1.82, 2.24) is 10.3 Å². The van der Waals surface area contributed by atoms with Crippen LogP contribution in [0, 0.1) is 6.92 Å². The van der Waals surface area contributed by atoms with E-state index in [1.165, 1.54) is 0 Å². The van der Waals surface area contributed by atoms with Crippen molar-refractivity contribution in [3.05, 3.63) is 88.8 Å². The smallest absolute Gasteiger partial charge is 0.231 e. The van der Waals surface area contributed by atoms with Crippen molar-refractivity contribution in [1.29, 1.82) is 0 Å². The minimum absolute atomic E-state index is 0.0375. The molecule has 4 nitrogen and oxygen atoms in total. The fourth-order valence-corrected chi connectivity index (χ4v) is 4.65. The highest BCUT2D eigenvalue weighted by atomic mass is 32.1. The maximum atomic E-state index is 13.5. The number of rotatable bonds is 6. The summed E-state index contributed by atoms with van der Waals surface area (Å²) in [6, 6.07) is 21.6. The molecule has 0 aliphatic heterocycles. The number of carbonyl (C=O) groups excluding carboxylic acids is 1. The molecule has 2 heterocycles. The molecule has 29 heavy (non-hydrogen) atoms. The molecule has 0 aliphatic rings. The maximum Gasteiger partial charge on any atom is 0.231 e. The van der Waals surface area contributed by atoms with Crippen molar-refractivity contribution in [2.75, 3.05) is 0 Å². The molecule has 2 unspecified atom stereocenters. The van der Waals surface area contributed by atoms with Gasteiger partial charge in [-0.3, -0.25) is 4.79 Å². The Morgan fingerprint density at radius 1 is 1.10 bits per heavy atom. The highest BCUT2D eigenvalue weighted by Gasteiger charge is 2.37. The van der Waals surface area contributed by atoms with E-state index < -0.39 is 5.41 Å². The molecule has 0 bridgehead atoms. The van der Waals surface area contributed by atoms with Crippen LogP contribution in [0.4, 0.5) is 0 Å². The SMILES string of the molecule is Cc1ccc(C(C)NC(=O)C(C)(Cc2nc3ccccc3s2)c2ccccc2)o1. The number of fused-ring (bicyclic) bond motifs is 1. The first-order valence-corrected chi connectivity index (χ1v) is 10.5. The van der Waals surface area contributed by atoms with Crippen LogP contribution in [0.3, 0.4) is 0 Å². The predicted octanol–water partition coefficient (Wildman–Crippen LogP) is 5.58. The molecule has 1 amide bonds. The van der Waals surface area contributed by atoms with Gasteiger partial charge >= 0.3 is 0 Å². The molecule has 0 spiro atoms. The Balaban J connectivity index is 1.65. The van der Waals surface area contributed by atoms with E-state index in [1.807, 2.05) is 81.4 Å². The van der Waals surface area contributed by atoms with Gasteiger partial charge in [0.25, 0.3) is 0 Å². The fraction of sp³-hybridized carbons (Fsp3) is 0.250. The molecule has 0 aliphatic carbocycles. The molecule has 2 aromatic carbocycles. The van der Waals surface area contributed by atoms with E-state index in [4.69, 9.17) is 9.40 Å². The highest BCUT2D eigenvalue weighted by Crippen LogP contribution is 2.33. The third-order valence-electron chi connectivity index (χ3n) is 5.29. The molecular weight excluding hydrogens is 380 g/mol. The third-order valence-corrected chi connectivity index (χ3v) is 6.33. The summed E-state index contributed by atoms with van der Waals surface area (Å²) in [5.74, 6) is 1.55. The minimum Gasteiger partial charge on any atom is -0.464 e. The van der Waals surface area contributed by atoms with Crippen molar-refractivity contribution >= 4 is 27.5 Å². The van der Waals surface area contributed by atoms with Crippen LogP contribution in [0.2, 0.25) is 0 Å². The van der Waals surface area contributed by atoms with E-state index in [9.17, 15) is 4.79 Å². The monoisotopic (exact) mass is 404 g/mol. The van der Waals surface area contributed by atoms with Crippen molar-refractivity contribution in [2.24, 2.45) is 0 Å². The number of hydrogen-bond acceptors (Lipinski definition) is 4. The molecular formula is C24H24N2O2S. The lowest BCUT2D eigenvalue weighted by Gasteiger charge is -2.29. The van der Waals surface area contributed by atoms with Crippen LogP contribution in [0.15, 0.2) is 71.1 Å². The maximum absolute atomic E-state index is 13.5. The van der Waals surface area contributed by atoms with Gasteiger partial charge < -0.3 is 9.73 Å². The Kier molecular flexibility index (Phi) is 5.24. The summed E-state index contributed by atoms with van der Waals surface area (Å²) in [5, 5.41) is 4.10. The lowest BCUT2D eigenvalue weighted by Crippen LogP contribution is -2.44. The van der Waals surface area contributed by atoms with Crippen molar-refractivity contribution in [3.63, 3.8) is 0 Å². The molecule has 1 N–H and O–H groups in total. The number of aromatic nitrogens is 1. The number of para-hydroxylation sites is 1. The van der Waals surface area contributed by atoms with Gasteiger partial charge in [0.15, 0.2) is 0 Å².